The van der Waals surface area contributed by atoms with Gasteiger partial charge in [-0.3, -0.25) is 0 Å². The molecular formula is C27H36F2. The Bertz CT molecular complexity index is 735. The summed E-state index contributed by atoms with van der Waals surface area (Å²) >= 11 is 0. The molecule has 2 heteroatoms. The monoisotopic (exact) mass is 398 g/mol. The van der Waals surface area contributed by atoms with Crippen molar-refractivity contribution in [2.45, 2.75) is 77.6 Å². The van der Waals surface area contributed by atoms with Crippen LogP contribution < -0.4 is 0 Å². The van der Waals surface area contributed by atoms with Crippen molar-refractivity contribution in [2.75, 3.05) is 0 Å². The molecule has 1 atom stereocenters. The van der Waals surface area contributed by atoms with Crippen molar-refractivity contribution in [2.24, 2.45) is 17.8 Å². The van der Waals surface area contributed by atoms with Crippen LogP contribution in [0.5, 0.6) is 0 Å². The first-order valence-corrected chi connectivity index (χ1v) is 11.6. The first kappa shape index (κ1) is 22.0. The molecule has 0 bridgehead atoms. The minimum absolute atomic E-state index is 0.438. The number of hydrogen-bond donors (Lipinski definition) is 0. The van der Waals surface area contributed by atoms with E-state index in [0.29, 0.717) is 29.4 Å². The highest BCUT2D eigenvalue weighted by molar-refractivity contribution is 5.67. The number of allylic oxidation sites excluding steroid dienone is 5. The lowest BCUT2D eigenvalue weighted by Crippen LogP contribution is -2.12. The Balaban J connectivity index is 1.52. The molecule has 1 aromatic rings. The molecule has 0 N–H and O–H groups in total. The van der Waals surface area contributed by atoms with E-state index >= 15 is 0 Å². The molecule has 0 aromatic heterocycles. The zero-order valence-electron chi connectivity index (χ0n) is 17.9. The molecule has 158 valence electrons. The predicted molar refractivity (Wildman–Crippen MR) is 120 cm³/mol. The fourth-order valence-corrected chi connectivity index (χ4v) is 4.95. The summed E-state index contributed by atoms with van der Waals surface area (Å²) in [5.74, 6) is 0.707. The Kier molecular flexibility index (Phi) is 8.27. The van der Waals surface area contributed by atoms with Crippen LogP contribution in [-0.4, -0.2) is 0 Å². The van der Waals surface area contributed by atoms with E-state index < -0.39 is 11.6 Å². The highest BCUT2D eigenvalue weighted by atomic mass is 19.2. The van der Waals surface area contributed by atoms with E-state index in [9.17, 15) is 8.78 Å². The first-order valence-electron chi connectivity index (χ1n) is 11.6. The van der Waals surface area contributed by atoms with E-state index in [1.165, 1.54) is 38.5 Å². The largest absolute Gasteiger partial charge is 0.203 e. The van der Waals surface area contributed by atoms with E-state index in [0.717, 1.165) is 37.2 Å². The number of aryl methyl sites for hydroxylation is 1. The molecule has 0 spiro atoms. The molecule has 3 rings (SSSR count). The van der Waals surface area contributed by atoms with Gasteiger partial charge in [0.05, 0.1) is 0 Å². The van der Waals surface area contributed by atoms with Gasteiger partial charge in [-0.2, -0.15) is 0 Å². The molecule has 0 heterocycles. The molecule has 2 aliphatic carbocycles. The molecular weight excluding hydrogens is 362 g/mol. The second-order valence-electron chi connectivity index (χ2n) is 8.94. The Morgan fingerprint density at radius 2 is 1.83 bits per heavy atom. The second kappa shape index (κ2) is 10.9. The molecule has 29 heavy (non-hydrogen) atoms. The normalized spacial score (nSPS) is 25.2. The van der Waals surface area contributed by atoms with Crippen LogP contribution in [0.25, 0.3) is 5.57 Å². The number of rotatable bonds is 8. The van der Waals surface area contributed by atoms with Gasteiger partial charge in [-0.05, 0) is 86.7 Å². The molecule has 0 aliphatic heterocycles. The maximum absolute atomic E-state index is 14.7. The van der Waals surface area contributed by atoms with Crippen molar-refractivity contribution in [1.82, 2.24) is 0 Å². The lowest BCUT2D eigenvalue weighted by atomic mass is 9.80. The van der Waals surface area contributed by atoms with Gasteiger partial charge in [-0.1, -0.05) is 56.2 Å². The van der Waals surface area contributed by atoms with Crippen LogP contribution in [0.1, 0.15) is 82.3 Å². The van der Waals surface area contributed by atoms with Crippen molar-refractivity contribution in [3.8, 4) is 0 Å². The Hall–Kier alpha value is -1.70. The van der Waals surface area contributed by atoms with Crippen LogP contribution >= 0.6 is 0 Å². The second-order valence-corrected chi connectivity index (χ2v) is 8.94. The highest BCUT2D eigenvalue weighted by Gasteiger charge is 2.20. The molecule has 1 aromatic carbocycles. The Morgan fingerprint density at radius 1 is 1.03 bits per heavy atom. The third-order valence-electron chi connectivity index (χ3n) is 6.87. The summed E-state index contributed by atoms with van der Waals surface area (Å²) in [6.45, 7) is 6.10. The first-order chi connectivity index (χ1) is 14.1. The topological polar surface area (TPSA) is 0 Å². The number of benzene rings is 1. The van der Waals surface area contributed by atoms with Gasteiger partial charge in [0.2, 0.25) is 0 Å². The third kappa shape index (κ3) is 5.90. The van der Waals surface area contributed by atoms with Gasteiger partial charge in [-0.15, -0.1) is 6.58 Å². The SMILES string of the molecule is C=CC1CC=C(c2ccc(CC/C=C/C3CCC(CCC)CC3)c(F)c2F)CC1. The lowest BCUT2D eigenvalue weighted by Gasteiger charge is -2.26. The molecule has 1 fully saturated rings. The average Bonchev–Trinajstić information content (AvgIpc) is 2.75. The van der Waals surface area contributed by atoms with Gasteiger partial charge in [0.1, 0.15) is 0 Å². The molecule has 0 radical (unpaired) electrons. The summed E-state index contributed by atoms with van der Waals surface area (Å²) in [5, 5.41) is 0. The summed E-state index contributed by atoms with van der Waals surface area (Å²) in [6, 6.07) is 3.55. The van der Waals surface area contributed by atoms with Crippen molar-refractivity contribution in [3.63, 3.8) is 0 Å². The van der Waals surface area contributed by atoms with E-state index in [2.05, 4.69) is 25.7 Å². The minimum atomic E-state index is -0.677. The van der Waals surface area contributed by atoms with Crippen molar-refractivity contribution < 1.29 is 8.78 Å². The van der Waals surface area contributed by atoms with Crippen LogP contribution in [0, 0.1) is 29.4 Å². The van der Waals surface area contributed by atoms with Crippen molar-refractivity contribution >= 4 is 5.57 Å². The zero-order valence-corrected chi connectivity index (χ0v) is 17.9. The third-order valence-corrected chi connectivity index (χ3v) is 6.87. The van der Waals surface area contributed by atoms with E-state index in [1.54, 1.807) is 12.1 Å². The maximum atomic E-state index is 14.7. The average molecular weight is 399 g/mol. The summed E-state index contributed by atoms with van der Waals surface area (Å²) < 4.78 is 29.3. The van der Waals surface area contributed by atoms with E-state index in [1.807, 2.05) is 12.2 Å². The molecule has 1 unspecified atom stereocenters. The summed E-state index contributed by atoms with van der Waals surface area (Å²) in [4.78, 5) is 0. The van der Waals surface area contributed by atoms with Crippen molar-refractivity contribution in [3.05, 3.63) is 65.8 Å². The van der Waals surface area contributed by atoms with Crippen LogP contribution in [0.3, 0.4) is 0 Å². The zero-order chi connectivity index (χ0) is 20.6. The molecule has 0 saturated heterocycles. The van der Waals surface area contributed by atoms with Crippen LogP contribution in [0.15, 0.2) is 43.0 Å². The Labute approximate surface area is 175 Å². The van der Waals surface area contributed by atoms with Gasteiger partial charge in [0.15, 0.2) is 11.6 Å². The van der Waals surface area contributed by atoms with E-state index in [-0.39, 0.29) is 0 Å². The summed E-state index contributed by atoms with van der Waals surface area (Å²) in [6.07, 6.45) is 20.3. The molecule has 0 amide bonds. The lowest BCUT2D eigenvalue weighted by molar-refractivity contribution is 0.294. The highest BCUT2D eigenvalue weighted by Crippen LogP contribution is 2.34. The van der Waals surface area contributed by atoms with Gasteiger partial charge >= 0.3 is 0 Å². The fourth-order valence-electron chi connectivity index (χ4n) is 4.95. The number of halogens is 2. The summed E-state index contributed by atoms with van der Waals surface area (Å²) in [5.41, 5.74) is 1.86. The predicted octanol–water partition coefficient (Wildman–Crippen LogP) is 8.43. The quantitative estimate of drug-likeness (QED) is 0.385. The Morgan fingerprint density at radius 3 is 2.48 bits per heavy atom. The van der Waals surface area contributed by atoms with Crippen molar-refractivity contribution in [1.29, 1.82) is 0 Å². The van der Waals surface area contributed by atoms with Gasteiger partial charge in [-0.25, -0.2) is 8.78 Å². The van der Waals surface area contributed by atoms with Crippen LogP contribution in [-0.2, 0) is 6.42 Å². The van der Waals surface area contributed by atoms with Gasteiger partial charge < -0.3 is 0 Å². The van der Waals surface area contributed by atoms with Crippen LogP contribution in [0.2, 0.25) is 0 Å². The molecule has 0 nitrogen and oxygen atoms in total. The van der Waals surface area contributed by atoms with E-state index in [4.69, 9.17) is 0 Å². The minimum Gasteiger partial charge on any atom is -0.203 e. The van der Waals surface area contributed by atoms with Gasteiger partial charge in [0.25, 0.3) is 0 Å². The molecule has 2 aliphatic rings. The van der Waals surface area contributed by atoms with Crippen LogP contribution in [0.4, 0.5) is 8.78 Å². The van der Waals surface area contributed by atoms with Gasteiger partial charge in [0, 0.05) is 5.56 Å². The number of hydrogen-bond acceptors (Lipinski definition) is 0. The smallest absolute Gasteiger partial charge is 0.166 e. The standard InChI is InChI=1S/C27H36F2/c1-3-7-21-10-12-22(13-11-21)8-5-6-9-24-18-19-25(27(29)26(24)28)23-16-14-20(4-2)15-17-23/h4-5,8,16,18-22H,2-3,6-7,9-15,17H2,1H3/b8-5+. The fraction of sp³-hybridized carbons (Fsp3) is 0.556. The molecule has 1 saturated carbocycles. The summed E-state index contributed by atoms with van der Waals surface area (Å²) in [7, 11) is 0. The maximum Gasteiger partial charge on any atom is 0.166 e.